The van der Waals surface area contributed by atoms with Gasteiger partial charge in [0.2, 0.25) is 0 Å². The van der Waals surface area contributed by atoms with Gasteiger partial charge in [-0.1, -0.05) is 38.1 Å². The van der Waals surface area contributed by atoms with Gasteiger partial charge in [-0.05, 0) is 43.2 Å². The van der Waals surface area contributed by atoms with E-state index in [1.807, 2.05) is 0 Å². The number of likely N-dealkylation sites (tertiary alicyclic amines) is 1. The first-order valence-electron chi connectivity index (χ1n) is 9.42. The highest BCUT2D eigenvalue weighted by Gasteiger charge is 2.39. The summed E-state index contributed by atoms with van der Waals surface area (Å²) in [5.41, 5.74) is 2.84. The zero-order chi connectivity index (χ0) is 17.1. The quantitative estimate of drug-likeness (QED) is 0.412. The maximum atomic E-state index is 9.70. The SMILES string of the molecule is CCN=C(NC1CC1c1ccc(C(C)C)cc1)N1CCC(O)CC1.I. The third-order valence-corrected chi connectivity index (χ3v) is 5.21. The van der Waals surface area contributed by atoms with Crippen molar-refractivity contribution in [3.8, 4) is 0 Å². The number of benzene rings is 1. The van der Waals surface area contributed by atoms with E-state index in [1.54, 1.807) is 0 Å². The molecular formula is C20H32IN3O. The predicted molar refractivity (Wildman–Crippen MR) is 115 cm³/mol. The Morgan fingerprint density at radius 3 is 2.44 bits per heavy atom. The third-order valence-electron chi connectivity index (χ3n) is 5.21. The van der Waals surface area contributed by atoms with Crippen molar-refractivity contribution in [2.45, 2.75) is 64.0 Å². The maximum absolute atomic E-state index is 9.70. The van der Waals surface area contributed by atoms with E-state index in [-0.39, 0.29) is 30.1 Å². The van der Waals surface area contributed by atoms with Crippen LogP contribution < -0.4 is 5.32 Å². The molecule has 1 saturated carbocycles. The van der Waals surface area contributed by atoms with Crippen molar-refractivity contribution in [1.82, 2.24) is 10.2 Å². The molecule has 3 rings (SSSR count). The minimum atomic E-state index is -0.141. The molecule has 2 fully saturated rings. The lowest BCUT2D eigenvalue weighted by Gasteiger charge is -2.32. The largest absolute Gasteiger partial charge is 0.393 e. The summed E-state index contributed by atoms with van der Waals surface area (Å²) >= 11 is 0. The van der Waals surface area contributed by atoms with Gasteiger partial charge >= 0.3 is 0 Å². The molecule has 1 aromatic rings. The second-order valence-corrected chi connectivity index (χ2v) is 7.43. The van der Waals surface area contributed by atoms with E-state index in [4.69, 9.17) is 0 Å². The van der Waals surface area contributed by atoms with Gasteiger partial charge in [0.25, 0.3) is 0 Å². The number of aliphatic hydroxyl groups is 1. The van der Waals surface area contributed by atoms with E-state index in [0.717, 1.165) is 38.4 Å². The van der Waals surface area contributed by atoms with Crippen molar-refractivity contribution >= 4 is 29.9 Å². The number of piperidine rings is 1. The van der Waals surface area contributed by atoms with Gasteiger partial charge in [0, 0.05) is 31.6 Å². The van der Waals surface area contributed by atoms with Crippen LogP contribution in [0, 0.1) is 0 Å². The Kier molecular flexibility index (Phi) is 7.55. The molecule has 0 spiro atoms. The van der Waals surface area contributed by atoms with E-state index in [1.165, 1.54) is 17.5 Å². The molecule has 1 aromatic carbocycles. The van der Waals surface area contributed by atoms with Crippen LogP contribution in [0.3, 0.4) is 0 Å². The fraction of sp³-hybridized carbons (Fsp3) is 0.650. The monoisotopic (exact) mass is 457 g/mol. The van der Waals surface area contributed by atoms with Crippen LogP contribution in [0.2, 0.25) is 0 Å². The molecule has 0 bridgehead atoms. The third kappa shape index (κ3) is 5.33. The first kappa shape index (κ1) is 20.5. The number of guanidine groups is 1. The Labute approximate surface area is 169 Å². The van der Waals surface area contributed by atoms with Crippen LogP contribution in [0.5, 0.6) is 0 Å². The van der Waals surface area contributed by atoms with Gasteiger partial charge < -0.3 is 15.3 Å². The van der Waals surface area contributed by atoms with Gasteiger partial charge in [-0.3, -0.25) is 4.99 Å². The Hall–Kier alpha value is -0.820. The minimum Gasteiger partial charge on any atom is -0.393 e. The van der Waals surface area contributed by atoms with Gasteiger partial charge in [-0.2, -0.15) is 0 Å². The molecule has 1 aliphatic carbocycles. The van der Waals surface area contributed by atoms with Gasteiger partial charge in [0.1, 0.15) is 0 Å². The Morgan fingerprint density at radius 1 is 1.24 bits per heavy atom. The van der Waals surface area contributed by atoms with Crippen LogP contribution in [-0.2, 0) is 0 Å². The van der Waals surface area contributed by atoms with Gasteiger partial charge in [0.15, 0.2) is 5.96 Å². The summed E-state index contributed by atoms with van der Waals surface area (Å²) in [6, 6.07) is 9.60. The summed E-state index contributed by atoms with van der Waals surface area (Å²) in [6.45, 7) is 9.14. The lowest BCUT2D eigenvalue weighted by molar-refractivity contribution is 0.108. The van der Waals surface area contributed by atoms with Gasteiger partial charge in [0.05, 0.1) is 6.10 Å². The number of aliphatic imine (C=N–C) groups is 1. The summed E-state index contributed by atoms with van der Waals surface area (Å²) in [5, 5.41) is 13.4. The number of halogens is 1. The number of hydrogen-bond acceptors (Lipinski definition) is 2. The zero-order valence-corrected chi connectivity index (χ0v) is 17.9. The average molecular weight is 457 g/mol. The van der Waals surface area contributed by atoms with E-state index in [2.05, 4.69) is 60.2 Å². The molecule has 2 N–H and O–H groups in total. The van der Waals surface area contributed by atoms with E-state index in [0.29, 0.717) is 17.9 Å². The molecule has 0 amide bonds. The van der Waals surface area contributed by atoms with Gasteiger partial charge in [-0.25, -0.2) is 0 Å². The Bertz CT molecular complexity index is 565. The smallest absolute Gasteiger partial charge is 0.194 e. The molecule has 0 aromatic heterocycles. The minimum absolute atomic E-state index is 0. The first-order chi connectivity index (χ1) is 11.6. The molecule has 5 heteroatoms. The number of aliphatic hydroxyl groups excluding tert-OH is 1. The summed E-state index contributed by atoms with van der Waals surface area (Å²) in [4.78, 5) is 6.97. The lowest BCUT2D eigenvalue weighted by Crippen LogP contribution is -2.47. The maximum Gasteiger partial charge on any atom is 0.194 e. The van der Waals surface area contributed by atoms with Crippen molar-refractivity contribution in [2.24, 2.45) is 4.99 Å². The highest BCUT2D eigenvalue weighted by Crippen LogP contribution is 2.41. The van der Waals surface area contributed by atoms with Crippen molar-refractivity contribution in [3.05, 3.63) is 35.4 Å². The average Bonchev–Trinajstić information content (AvgIpc) is 3.34. The van der Waals surface area contributed by atoms with Crippen LogP contribution in [0.1, 0.15) is 63.0 Å². The normalized spacial score (nSPS) is 24.2. The van der Waals surface area contributed by atoms with Crippen LogP contribution in [0.15, 0.2) is 29.3 Å². The van der Waals surface area contributed by atoms with Gasteiger partial charge in [-0.15, -0.1) is 24.0 Å². The molecule has 1 saturated heterocycles. The second kappa shape index (κ2) is 9.21. The summed E-state index contributed by atoms with van der Waals surface area (Å²) in [6.07, 6.45) is 2.72. The molecular weight excluding hydrogens is 425 g/mol. The summed E-state index contributed by atoms with van der Waals surface area (Å²) in [7, 11) is 0. The predicted octanol–water partition coefficient (Wildman–Crippen LogP) is 3.71. The molecule has 1 heterocycles. The molecule has 2 aliphatic rings. The topological polar surface area (TPSA) is 47.9 Å². The highest BCUT2D eigenvalue weighted by molar-refractivity contribution is 14.0. The molecule has 4 nitrogen and oxygen atoms in total. The molecule has 2 atom stereocenters. The fourth-order valence-electron chi connectivity index (χ4n) is 3.48. The molecule has 25 heavy (non-hydrogen) atoms. The first-order valence-corrected chi connectivity index (χ1v) is 9.42. The van der Waals surface area contributed by atoms with E-state index < -0.39 is 0 Å². The molecule has 0 radical (unpaired) electrons. The summed E-state index contributed by atoms with van der Waals surface area (Å²) < 4.78 is 0. The highest BCUT2D eigenvalue weighted by atomic mass is 127. The van der Waals surface area contributed by atoms with Crippen molar-refractivity contribution < 1.29 is 5.11 Å². The van der Waals surface area contributed by atoms with E-state index >= 15 is 0 Å². The number of hydrogen-bond donors (Lipinski definition) is 2. The lowest BCUT2D eigenvalue weighted by atomic mass is 10.0. The van der Waals surface area contributed by atoms with Crippen molar-refractivity contribution in [1.29, 1.82) is 0 Å². The fourth-order valence-corrected chi connectivity index (χ4v) is 3.48. The summed E-state index contributed by atoms with van der Waals surface area (Å²) in [5.74, 6) is 2.21. The van der Waals surface area contributed by atoms with Crippen LogP contribution in [0.25, 0.3) is 0 Å². The Balaban J connectivity index is 0.00000225. The standard InChI is InChI=1S/C20H31N3O.HI/c1-4-21-20(23-11-9-17(24)10-12-23)22-19-13-18(19)16-7-5-15(6-8-16)14(2)3;/h5-8,14,17-19,24H,4,9-13H2,1-3H3,(H,21,22);1H. The molecule has 140 valence electrons. The van der Waals surface area contributed by atoms with Crippen LogP contribution in [0.4, 0.5) is 0 Å². The van der Waals surface area contributed by atoms with Crippen LogP contribution >= 0.6 is 24.0 Å². The van der Waals surface area contributed by atoms with Crippen LogP contribution in [-0.4, -0.2) is 47.7 Å². The van der Waals surface area contributed by atoms with E-state index in [9.17, 15) is 5.11 Å². The second-order valence-electron chi connectivity index (χ2n) is 7.43. The number of rotatable bonds is 4. The Morgan fingerprint density at radius 2 is 1.88 bits per heavy atom. The number of nitrogens with one attached hydrogen (secondary N) is 1. The molecule has 1 aliphatic heterocycles. The number of nitrogens with zero attached hydrogens (tertiary/aromatic N) is 2. The van der Waals surface area contributed by atoms with Crippen molar-refractivity contribution in [2.75, 3.05) is 19.6 Å². The zero-order valence-electron chi connectivity index (χ0n) is 15.6. The molecule has 2 unspecified atom stereocenters. The van der Waals surface area contributed by atoms with Crippen molar-refractivity contribution in [3.63, 3.8) is 0 Å².